The first kappa shape index (κ1) is 16.2. The Balaban J connectivity index is 1.87. The van der Waals surface area contributed by atoms with Gasteiger partial charge in [0.2, 0.25) is 0 Å². The van der Waals surface area contributed by atoms with Crippen molar-refractivity contribution < 1.29 is 9.76 Å². The van der Waals surface area contributed by atoms with Gasteiger partial charge in [0, 0.05) is 24.9 Å². The Labute approximate surface area is 130 Å². The smallest absolute Gasteiger partial charge is 0.312 e. The summed E-state index contributed by atoms with van der Waals surface area (Å²) < 4.78 is 7.06. The number of nitrogens with zero attached hydrogens (tertiary/aromatic N) is 2. The van der Waals surface area contributed by atoms with E-state index in [1.807, 2.05) is 24.7 Å². The second-order valence-corrected chi connectivity index (χ2v) is 8.13. The maximum absolute atomic E-state index is 10.0. The van der Waals surface area contributed by atoms with Gasteiger partial charge in [-0.25, -0.2) is 0 Å². The van der Waals surface area contributed by atoms with E-state index in [2.05, 4.69) is 5.10 Å². The summed E-state index contributed by atoms with van der Waals surface area (Å²) in [6.45, 7) is 7.95. The average Bonchev–Trinajstić information content (AvgIpc) is 2.72. The Morgan fingerprint density at radius 1 is 1.50 bits per heavy atom. The molecule has 0 bridgehead atoms. The third-order valence-corrected chi connectivity index (χ3v) is 5.05. The number of alkyl halides is 2. The summed E-state index contributed by atoms with van der Waals surface area (Å²) in [6.07, 6.45) is 4.52. The molecule has 1 atom stereocenters. The van der Waals surface area contributed by atoms with Crippen molar-refractivity contribution in [1.82, 2.24) is 9.78 Å². The van der Waals surface area contributed by atoms with E-state index in [0.29, 0.717) is 7.48 Å². The zero-order valence-electron chi connectivity index (χ0n) is 12.4. The van der Waals surface area contributed by atoms with Crippen LogP contribution in [0.25, 0.3) is 0 Å². The van der Waals surface area contributed by atoms with Crippen LogP contribution in [0.4, 0.5) is 0 Å². The van der Waals surface area contributed by atoms with E-state index in [-0.39, 0.29) is 5.92 Å². The predicted molar refractivity (Wildman–Crippen MR) is 83.0 cm³/mol. The van der Waals surface area contributed by atoms with Crippen molar-refractivity contribution in [3.8, 4) is 0 Å². The first-order valence-electron chi connectivity index (χ1n) is 6.77. The number of hydrogen-bond acceptors (Lipinski definition) is 3. The summed E-state index contributed by atoms with van der Waals surface area (Å²) in [6, 6.07) is 0. The first-order valence-corrected chi connectivity index (χ1v) is 7.52. The molecule has 0 aromatic carbocycles. The number of halogens is 2. The molecule has 1 unspecified atom stereocenters. The lowest BCUT2D eigenvalue weighted by molar-refractivity contribution is -0.0893. The molecule has 0 amide bonds. The molecule has 1 aliphatic carbocycles. The van der Waals surface area contributed by atoms with E-state index in [0.717, 1.165) is 18.4 Å². The van der Waals surface area contributed by atoms with Gasteiger partial charge in [0.15, 0.2) is 0 Å². The molecule has 1 saturated carbocycles. The molecule has 0 spiro atoms. The molecular formula is C13H21BCl2N2O2. The highest BCUT2D eigenvalue weighted by atomic mass is 35.5. The molecule has 2 rings (SSSR count). The van der Waals surface area contributed by atoms with Gasteiger partial charge in [0.1, 0.15) is 4.33 Å². The van der Waals surface area contributed by atoms with Gasteiger partial charge in [-0.2, -0.15) is 5.10 Å². The normalized spacial score (nSPS) is 21.9. The molecule has 1 heterocycles. The zero-order valence-corrected chi connectivity index (χ0v) is 13.9. The molecule has 7 heteroatoms. The van der Waals surface area contributed by atoms with Gasteiger partial charge in [-0.15, -0.1) is 23.2 Å². The lowest BCUT2D eigenvalue weighted by Gasteiger charge is -2.37. The quantitative estimate of drug-likeness (QED) is 0.640. The van der Waals surface area contributed by atoms with Crippen LogP contribution in [0, 0.1) is 5.92 Å². The first-order chi connectivity index (χ1) is 9.01. The van der Waals surface area contributed by atoms with Crippen molar-refractivity contribution in [3.05, 3.63) is 12.4 Å². The second kappa shape index (κ2) is 5.20. The summed E-state index contributed by atoms with van der Waals surface area (Å²) >= 11 is 12.0. The number of aromatic nitrogens is 2. The third-order valence-electron chi connectivity index (χ3n) is 4.12. The van der Waals surface area contributed by atoms with E-state index in [1.54, 1.807) is 20.0 Å². The Kier molecular flexibility index (Phi) is 4.20. The fourth-order valence-electron chi connectivity index (χ4n) is 1.71. The van der Waals surface area contributed by atoms with E-state index in [9.17, 15) is 5.11 Å². The molecule has 1 fully saturated rings. The second-order valence-electron chi connectivity index (χ2n) is 6.59. The van der Waals surface area contributed by atoms with E-state index in [1.165, 1.54) is 0 Å². The molecule has 0 aliphatic heterocycles. The minimum atomic E-state index is -0.909. The summed E-state index contributed by atoms with van der Waals surface area (Å²) in [5, 5.41) is 14.3. The molecule has 1 N–H and O–H groups in total. The Hall–Kier alpha value is -0.225. The minimum Gasteiger partial charge on any atom is -0.427 e. The minimum absolute atomic E-state index is 0.271. The molecule has 1 aromatic rings. The standard InChI is InChI=1S/C13H21BCl2N2O2/c1-11(2,19)12(3,4)20-14-10-6-17-18(8-10)7-9-5-13(9,15)16/h6,8-9,14,19H,5,7H2,1-4H3. The number of hydrogen-bond donors (Lipinski definition) is 1. The lowest BCUT2D eigenvalue weighted by Crippen LogP contribution is -2.49. The van der Waals surface area contributed by atoms with Crippen molar-refractivity contribution in [3.63, 3.8) is 0 Å². The molecule has 1 aliphatic rings. The zero-order chi connectivity index (χ0) is 15.2. The summed E-state index contributed by atoms with van der Waals surface area (Å²) in [4.78, 5) is 0. The molecule has 0 radical (unpaired) electrons. The van der Waals surface area contributed by atoms with Gasteiger partial charge in [0.05, 0.1) is 11.2 Å². The van der Waals surface area contributed by atoms with Gasteiger partial charge in [-0.05, 0) is 39.6 Å². The van der Waals surface area contributed by atoms with Crippen molar-refractivity contribution >= 4 is 36.1 Å². The van der Waals surface area contributed by atoms with Crippen LogP contribution >= 0.6 is 23.2 Å². The van der Waals surface area contributed by atoms with Crippen molar-refractivity contribution in [1.29, 1.82) is 0 Å². The van der Waals surface area contributed by atoms with Crippen molar-refractivity contribution in [2.75, 3.05) is 0 Å². The van der Waals surface area contributed by atoms with Gasteiger partial charge < -0.3 is 9.76 Å². The Morgan fingerprint density at radius 3 is 2.60 bits per heavy atom. The van der Waals surface area contributed by atoms with Crippen LogP contribution in [-0.2, 0) is 11.2 Å². The number of rotatable bonds is 6. The Morgan fingerprint density at radius 2 is 2.10 bits per heavy atom. The van der Waals surface area contributed by atoms with Crippen LogP contribution in [0.5, 0.6) is 0 Å². The topological polar surface area (TPSA) is 47.3 Å². The van der Waals surface area contributed by atoms with Gasteiger partial charge in [-0.3, -0.25) is 4.68 Å². The molecule has 112 valence electrons. The van der Waals surface area contributed by atoms with Crippen LogP contribution in [0.3, 0.4) is 0 Å². The maximum Gasteiger partial charge on any atom is 0.312 e. The van der Waals surface area contributed by atoms with E-state index in [4.69, 9.17) is 27.9 Å². The highest BCUT2D eigenvalue weighted by Crippen LogP contribution is 2.53. The fraction of sp³-hybridized carbons (Fsp3) is 0.769. The SMILES string of the molecule is CC(C)(O)C(C)(C)OBc1cnn(CC2CC2(Cl)Cl)c1. The van der Waals surface area contributed by atoms with Gasteiger partial charge in [-0.1, -0.05) is 0 Å². The van der Waals surface area contributed by atoms with Crippen LogP contribution < -0.4 is 5.46 Å². The monoisotopic (exact) mass is 318 g/mol. The fourth-order valence-corrected chi connectivity index (χ4v) is 2.23. The van der Waals surface area contributed by atoms with Crippen molar-refractivity contribution in [2.45, 2.75) is 56.2 Å². The molecule has 0 saturated heterocycles. The summed E-state index contributed by atoms with van der Waals surface area (Å²) in [7, 11) is 0.411. The average molecular weight is 319 g/mol. The molecule has 1 aromatic heterocycles. The highest BCUT2D eigenvalue weighted by Gasteiger charge is 2.51. The van der Waals surface area contributed by atoms with Crippen LogP contribution in [0.1, 0.15) is 34.1 Å². The van der Waals surface area contributed by atoms with Crippen LogP contribution in [0.2, 0.25) is 0 Å². The third kappa shape index (κ3) is 3.70. The van der Waals surface area contributed by atoms with Gasteiger partial charge >= 0.3 is 7.48 Å². The largest absolute Gasteiger partial charge is 0.427 e. The molecule has 20 heavy (non-hydrogen) atoms. The molecular weight excluding hydrogens is 298 g/mol. The lowest BCUT2D eigenvalue weighted by atomic mass is 9.84. The van der Waals surface area contributed by atoms with E-state index < -0.39 is 15.5 Å². The summed E-state index contributed by atoms with van der Waals surface area (Å²) in [5.74, 6) is 0.271. The Bertz CT molecular complexity index is 483. The van der Waals surface area contributed by atoms with Crippen LogP contribution in [0.15, 0.2) is 12.4 Å². The number of aliphatic hydroxyl groups is 1. The molecule has 4 nitrogen and oxygen atoms in total. The summed E-state index contributed by atoms with van der Waals surface area (Å²) in [5.41, 5.74) is -0.571. The maximum atomic E-state index is 10.0. The predicted octanol–water partition coefficient (Wildman–Crippen LogP) is 1.62. The van der Waals surface area contributed by atoms with E-state index >= 15 is 0 Å². The highest BCUT2D eigenvalue weighted by molar-refractivity contribution is 6.50. The van der Waals surface area contributed by atoms with Gasteiger partial charge in [0.25, 0.3) is 0 Å². The van der Waals surface area contributed by atoms with Crippen LogP contribution in [-0.4, -0.2) is 37.9 Å². The van der Waals surface area contributed by atoms with Crippen molar-refractivity contribution in [2.24, 2.45) is 5.92 Å².